The van der Waals surface area contributed by atoms with Gasteiger partial charge in [0, 0.05) is 6.21 Å². The van der Waals surface area contributed by atoms with Gasteiger partial charge in [0.1, 0.15) is 29.4 Å². The molecule has 0 aliphatic carbocycles. The van der Waals surface area contributed by atoms with Crippen molar-refractivity contribution in [1.29, 1.82) is 0 Å². The Kier molecular flexibility index (Phi) is 5.53. The van der Waals surface area contributed by atoms with Crippen LogP contribution >= 0.6 is 11.6 Å². The second-order valence-corrected chi connectivity index (χ2v) is 7.82. The predicted octanol–water partition coefficient (Wildman–Crippen LogP) is 3.82. The third kappa shape index (κ3) is 4.30. The second kappa shape index (κ2) is 8.79. The predicted molar refractivity (Wildman–Crippen MR) is 125 cm³/mol. The molecule has 0 spiro atoms. The average molecular weight is 463 g/mol. The van der Waals surface area contributed by atoms with E-state index in [2.05, 4.69) is 50.6 Å². The number of aliphatic imine (C=N–C) groups is 1. The van der Waals surface area contributed by atoms with Crippen molar-refractivity contribution in [2.75, 3.05) is 5.32 Å². The smallest absolute Gasteiger partial charge is 0.160 e. The Bertz CT molecular complexity index is 1460. The summed E-state index contributed by atoms with van der Waals surface area (Å²) in [6.45, 7) is 4.71. The summed E-state index contributed by atoms with van der Waals surface area (Å²) in [5.74, 6) is 1.48. The zero-order valence-electron chi connectivity index (χ0n) is 17.7. The fourth-order valence-corrected chi connectivity index (χ4v) is 3.50. The summed E-state index contributed by atoms with van der Waals surface area (Å²) in [5.41, 5.74) is 4.48. The number of nitrogens with one attached hydrogen (secondary N) is 3. The molecular weight excluding hydrogens is 444 g/mol. The summed E-state index contributed by atoms with van der Waals surface area (Å²) < 4.78 is 5.95. The minimum absolute atomic E-state index is 0.0789. The number of fused-ring (bicyclic) bond motifs is 3. The molecule has 33 heavy (non-hydrogen) atoms. The minimum atomic E-state index is 0.0789. The van der Waals surface area contributed by atoms with Crippen molar-refractivity contribution >= 4 is 51.4 Å². The standard InChI is InChI=1S/C16H16N6O.C5H3ClN4/c1-9(2)23-14-4-11-6-17-5-10(11)3-13(14)21-15-12-7-20-22-16(12)19-8-18-15;6-4-3-1-9-10-5(3)8-2-7-4/h3-5,7-9H,6H2,1-2H3,(H2,18,19,20,21,22);1-2H,(H,7,8,9,10). The Hall–Kier alpha value is -4.12. The molecule has 4 aromatic heterocycles. The van der Waals surface area contributed by atoms with Gasteiger partial charge in [0.25, 0.3) is 0 Å². The molecule has 1 aromatic carbocycles. The van der Waals surface area contributed by atoms with E-state index < -0.39 is 0 Å². The highest BCUT2D eigenvalue weighted by atomic mass is 35.5. The van der Waals surface area contributed by atoms with Gasteiger partial charge in [-0.15, -0.1) is 0 Å². The summed E-state index contributed by atoms with van der Waals surface area (Å²) >= 11 is 5.69. The van der Waals surface area contributed by atoms with Crippen molar-refractivity contribution in [2.24, 2.45) is 4.99 Å². The summed E-state index contributed by atoms with van der Waals surface area (Å²) in [4.78, 5) is 20.4. The van der Waals surface area contributed by atoms with E-state index in [4.69, 9.17) is 16.3 Å². The highest BCUT2D eigenvalue weighted by Gasteiger charge is 2.16. The van der Waals surface area contributed by atoms with E-state index in [-0.39, 0.29) is 6.10 Å². The molecule has 1 aliphatic rings. The number of ether oxygens (including phenoxy) is 1. The first-order valence-corrected chi connectivity index (χ1v) is 10.5. The van der Waals surface area contributed by atoms with Crippen LogP contribution < -0.4 is 10.1 Å². The van der Waals surface area contributed by atoms with Gasteiger partial charge in [-0.25, -0.2) is 19.9 Å². The first kappa shape index (κ1) is 20.8. The van der Waals surface area contributed by atoms with E-state index in [1.807, 2.05) is 32.2 Å². The molecule has 0 saturated carbocycles. The van der Waals surface area contributed by atoms with E-state index in [0.717, 1.165) is 27.8 Å². The zero-order valence-corrected chi connectivity index (χ0v) is 18.5. The first-order valence-electron chi connectivity index (χ1n) is 10.1. The van der Waals surface area contributed by atoms with Gasteiger partial charge in [-0.2, -0.15) is 10.2 Å². The van der Waals surface area contributed by atoms with E-state index in [1.54, 1.807) is 12.4 Å². The van der Waals surface area contributed by atoms with Crippen molar-refractivity contribution in [1.82, 2.24) is 40.3 Å². The molecule has 5 aromatic rings. The lowest BCUT2D eigenvalue weighted by Gasteiger charge is -2.17. The van der Waals surface area contributed by atoms with Crippen LogP contribution in [0.25, 0.3) is 22.1 Å². The van der Waals surface area contributed by atoms with Crippen molar-refractivity contribution in [3.8, 4) is 5.75 Å². The molecule has 0 radical (unpaired) electrons. The molecule has 0 atom stereocenters. The van der Waals surface area contributed by atoms with Gasteiger partial charge in [-0.05, 0) is 37.1 Å². The van der Waals surface area contributed by atoms with Gasteiger partial charge < -0.3 is 10.1 Å². The molecule has 5 heterocycles. The maximum Gasteiger partial charge on any atom is 0.160 e. The quantitative estimate of drug-likeness (QED) is 0.342. The van der Waals surface area contributed by atoms with Crippen LogP contribution in [-0.4, -0.2) is 52.6 Å². The molecule has 0 saturated heterocycles. The Balaban J connectivity index is 0.000000190. The lowest BCUT2D eigenvalue weighted by molar-refractivity contribution is 0.243. The van der Waals surface area contributed by atoms with Gasteiger partial charge in [-0.3, -0.25) is 15.2 Å². The third-order valence-electron chi connectivity index (χ3n) is 4.80. The third-order valence-corrected chi connectivity index (χ3v) is 5.10. The van der Waals surface area contributed by atoms with E-state index in [0.29, 0.717) is 28.8 Å². The Morgan fingerprint density at radius 3 is 2.45 bits per heavy atom. The average Bonchev–Trinajstić information content (AvgIpc) is 3.55. The number of hydrogen-bond donors (Lipinski definition) is 3. The molecule has 166 valence electrons. The maximum atomic E-state index is 5.95. The van der Waals surface area contributed by atoms with E-state index in [1.165, 1.54) is 18.2 Å². The van der Waals surface area contributed by atoms with Crippen molar-refractivity contribution in [2.45, 2.75) is 26.5 Å². The molecule has 0 amide bonds. The molecule has 3 N–H and O–H groups in total. The molecule has 0 fully saturated rings. The van der Waals surface area contributed by atoms with Gasteiger partial charge in [-0.1, -0.05) is 11.6 Å². The van der Waals surface area contributed by atoms with E-state index >= 15 is 0 Å². The normalized spacial score (nSPS) is 12.1. The number of aromatic nitrogens is 8. The van der Waals surface area contributed by atoms with Crippen LogP contribution in [0.15, 0.2) is 42.2 Å². The fraction of sp³-hybridized carbons (Fsp3) is 0.190. The molecule has 0 unspecified atom stereocenters. The SMILES string of the molecule is CC(C)Oc1cc2c(cc1Nc1ncnc3[nH]ncc13)C=NC2.Clc1ncnc2[nH]ncc12. The summed E-state index contributed by atoms with van der Waals surface area (Å²) in [6, 6.07) is 4.08. The Morgan fingerprint density at radius 2 is 1.70 bits per heavy atom. The van der Waals surface area contributed by atoms with Crippen LogP contribution in [0.3, 0.4) is 0 Å². The van der Waals surface area contributed by atoms with Gasteiger partial charge in [0.05, 0.1) is 41.5 Å². The Morgan fingerprint density at radius 1 is 0.970 bits per heavy atom. The number of rotatable bonds is 4. The molecule has 11 nitrogen and oxygen atoms in total. The molecular formula is C21H19ClN10O. The van der Waals surface area contributed by atoms with Crippen molar-refractivity contribution in [3.05, 3.63) is 53.5 Å². The highest BCUT2D eigenvalue weighted by Crippen LogP contribution is 2.34. The number of hydrogen-bond acceptors (Lipinski definition) is 9. The molecule has 6 rings (SSSR count). The lowest BCUT2D eigenvalue weighted by Crippen LogP contribution is -2.08. The molecule has 12 heteroatoms. The summed E-state index contributed by atoms with van der Waals surface area (Å²) in [7, 11) is 0. The number of halogens is 1. The van der Waals surface area contributed by atoms with E-state index in [9.17, 15) is 0 Å². The zero-order chi connectivity index (χ0) is 22.8. The Labute approximate surface area is 192 Å². The number of nitrogens with zero attached hydrogens (tertiary/aromatic N) is 7. The summed E-state index contributed by atoms with van der Waals surface area (Å²) in [6.07, 6.45) is 8.15. The number of H-pyrrole nitrogens is 2. The largest absolute Gasteiger partial charge is 0.489 e. The monoisotopic (exact) mass is 462 g/mol. The van der Waals surface area contributed by atoms with Crippen LogP contribution in [0.2, 0.25) is 5.15 Å². The molecule has 0 bridgehead atoms. The highest BCUT2D eigenvalue weighted by molar-refractivity contribution is 6.33. The molecule has 1 aliphatic heterocycles. The lowest BCUT2D eigenvalue weighted by atomic mass is 10.1. The first-order chi connectivity index (χ1) is 16.1. The van der Waals surface area contributed by atoms with Crippen molar-refractivity contribution < 1.29 is 4.74 Å². The summed E-state index contributed by atoms with van der Waals surface area (Å²) in [5, 5.41) is 18.6. The van der Waals surface area contributed by atoms with Gasteiger partial charge in [0.2, 0.25) is 0 Å². The van der Waals surface area contributed by atoms with Crippen molar-refractivity contribution in [3.63, 3.8) is 0 Å². The van der Waals surface area contributed by atoms with Crippen LogP contribution in [0.5, 0.6) is 5.75 Å². The number of aromatic amines is 2. The van der Waals surface area contributed by atoms with Gasteiger partial charge >= 0.3 is 0 Å². The van der Waals surface area contributed by atoms with Gasteiger partial charge in [0.15, 0.2) is 11.3 Å². The number of benzene rings is 1. The fourth-order valence-electron chi connectivity index (χ4n) is 3.31. The minimum Gasteiger partial charge on any atom is -0.489 e. The van der Waals surface area contributed by atoms with Crippen LogP contribution in [0.1, 0.15) is 25.0 Å². The maximum absolute atomic E-state index is 5.95. The second-order valence-electron chi connectivity index (χ2n) is 7.46. The topological polar surface area (TPSA) is 143 Å². The van der Waals surface area contributed by atoms with Crippen LogP contribution in [0.4, 0.5) is 11.5 Å². The van der Waals surface area contributed by atoms with Crippen LogP contribution in [0, 0.1) is 0 Å². The number of anilines is 2. The van der Waals surface area contributed by atoms with Crippen LogP contribution in [-0.2, 0) is 6.54 Å².